The molecule has 1 aliphatic rings. The third kappa shape index (κ3) is 4.00. The number of benzene rings is 1. The van der Waals surface area contributed by atoms with Crippen LogP contribution in [0.2, 0.25) is 0 Å². The molecule has 0 aliphatic heterocycles. The predicted molar refractivity (Wildman–Crippen MR) is 91.8 cm³/mol. The summed E-state index contributed by atoms with van der Waals surface area (Å²) in [5.41, 5.74) is 6.20. The second-order valence-corrected chi connectivity index (χ2v) is 8.44. The van der Waals surface area contributed by atoms with Crippen LogP contribution in [0.1, 0.15) is 44.7 Å². The number of aryl methyl sites for hydroxylation is 1. The summed E-state index contributed by atoms with van der Waals surface area (Å²) in [5, 5.41) is 0. The molecule has 1 amide bonds. The predicted octanol–water partition coefficient (Wildman–Crippen LogP) is 2.18. The van der Waals surface area contributed by atoms with E-state index in [2.05, 4.69) is 4.72 Å². The molecule has 126 valence electrons. The minimum absolute atomic E-state index is 0.135. The number of hydrogen-bond acceptors (Lipinski definition) is 3. The fourth-order valence-corrected chi connectivity index (χ4v) is 4.55. The van der Waals surface area contributed by atoms with Crippen molar-refractivity contribution in [3.8, 4) is 0 Å². The molecule has 1 atom stereocenters. The maximum Gasteiger partial charge on any atom is 0.238 e. The van der Waals surface area contributed by atoms with E-state index in [-0.39, 0.29) is 5.92 Å². The molecule has 1 aromatic rings. The summed E-state index contributed by atoms with van der Waals surface area (Å²) in [4.78, 5) is 12.1. The first-order valence-corrected chi connectivity index (χ1v) is 9.25. The van der Waals surface area contributed by atoms with Crippen LogP contribution >= 0.6 is 0 Å². The molecule has 5 nitrogen and oxygen atoms in total. The Bertz CT molecular complexity index is 738. The van der Waals surface area contributed by atoms with Crippen molar-refractivity contribution in [2.45, 2.75) is 45.6 Å². The Morgan fingerprint density at radius 3 is 2.57 bits per heavy atom. The molecule has 3 N–H and O–H groups in total. The van der Waals surface area contributed by atoms with Crippen LogP contribution in [0, 0.1) is 5.92 Å². The average Bonchev–Trinajstić information content (AvgIpc) is 2.45. The molecule has 0 spiro atoms. The van der Waals surface area contributed by atoms with Gasteiger partial charge in [0.05, 0.1) is 4.91 Å². The molecule has 0 heterocycles. The lowest BCUT2D eigenvalue weighted by atomic mass is 9.91. The van der Waals surface area contributed by atoms with Gasteiger partial charge in [0.25, 0.3) is 0 Å². The molecule has 6 heteroatoms. The minimum atomic E-state index is -3.76. The standard InChI is InChI=1S/C17H24N2O3S/c1-12(2)11-17(3,16(18)20)19-23(21,22)15-9-8-13-6-4-5-7-14(13)10-15/h4-7,10,12,19H,8-9,11H2,1-3H3,(H2,18,20)/t17-/m0/s1. The van der Waals surface area contributed by atoms with Gasteiger partial charge in [-0.15, -0.1) is 0 Å². The van der Waals surface area contributed by atoms with E-state index in [1.807, 2.05) is 38.1 Å². The van der Waals surface area contributed by atoms with Crippen LogP contribution in [-0.4, -0.2) is 19.9 Å². The third-order valence-corrected chi connectivity index (χ3v) is 5.81. The van der Waals surface area contributed by atoms with E-state index >= 15 is 0 Å². The fraction of sp³-hybridized carbons (Fsp3) is 0.471. The van der Waals surface area contributed by atoms with E-state index in [0.717, 1.165) is 11.1 Å². The Morgan fingerprint density at radius 2 is 1.96 bits per heavy atom. The zero-order valence-corrected chi connectivity index (χ0v) is 14.6. The van der Waals surface area contributed by atoms with E-state index in [9.17, 15) is 13.2 Å². The number of carbonyl (C=O) groups excluding carboxylic acids is 1. The zero-order chi connectivity index (χ0) is 17.3. The number of carbonyl (C=O) groups is 1. The van der Waals surface area contributed by atoms with Crippen molar-refractivity contribution in [1.29, 1.82) is 0 Å². The van der Waals surface area contributed by atoms with Gasteiger partial charge in [0.2, 0.25) is 15.9 Å². The third-order valence-electron chi connectivity index (χ3n) is 4.08. The lowest BCUT2D eigenvalue weighted by Crippen LogP contribution is -2.56. The van der Waals surface area contributed by atoms with Gasteiger partial charge in [-0.2, -0.15) is 4.72 Å². The van der Waals surface area contributed by atoms with Crippen molar-refractivity contribution in [2.24, 2.45) is 11.7 Å². The van der Waals surface area contributed by atoms with Crippen molar-refractivity contribution in [1.82, 2.24) is 4.72 Å². The van der Waals surface area contributed by atoms with Crippen LogP contribution in [0.25, 0.3) is 6.08 Å². The molecule has 0 saturated heterocycles. The summed E-state index contributed by atoms with van der Waals surface area (Å²) in [6.45, 7) is 5.39. The molecule has 0 bridgehead atoms. The maximum atomic E-state index is 12.7. The number of sulfonamides is 1. The Hall–Kier alpha value is -1.66. The summed E-state index contributed by atoms with van der Waals surface area (Å²) in [6, 6.07) is 7.71. The summed E-state index contributed by atoms with van der Waals surface area (Å²) < 4.78 is 28.0. The van der Waals surface area contributed by atoms with Crippen molar-refractivity contribution < 1.29 is 13.2 Å². The number of rotatable bonds is 6. The molecule has 2 rings (SSSR count). The van der Waals surface area contributed by atoms with Crippen molar-refractivity contribution in [3.63, 3.8) is 0 Å². The van der Waals surface area contributed by atoms with Crippen molar-refractivity contribution >= 4 is 22.0 Å². The van der Waals surface area contributed by atoms with Crippen molar-refractivity contribution in [2.75, 3.05) is 0 Å². The van der Waals surface area contributed by atoms with Crippen LogP contribution in [-0.2, 0) is 21.2 Å². The largest absolute Gasteiger partial charge is 0.368 e. The molecule has 0 unspecified atom stereocenters. The van der Waals surface area contributed by atoms with E-state index in [1.165, 1.54) is 0 Å². The highest BCUT2D eigenvalue weighted by Gasteiger charge is 2.37. The first-order chi connectivity index (χ1) is 10.6. The molecule has 0 aromatic heterocycles. The van der Waals surface area contributed by atoms with E-state index in [4.69, 9.17) is 5.73 Å². The summed E-state index contributed by atoms with van der Waals surface area (Å²) >= 11 is 0. The first kappa shape index (κ1) is 17.7. The smallest absolute Gasteiger partial charge is 0.238 e. The zero-order valence-electron chi connectivity index (χ0n) is 13.8. The van der Waals surface area contributed by atoms with Gasteiger partial charge in [-0.3, -0.25) is 4.79 Å². The van der Waals surface area contributed by atoms with Gasteiger partial charge in [0, 0.05) is 0 Å². The topological polar surface area (TPSA) is 89.3 Å². The highest BCUT2D eigenvalue weighted by atomic mass is 32.2. The van der Waals surface area contributed by atoms with Gasteiger partial charge in [0.1, 0.15) is 5.54 Å². The molecule has 1 aliphatic carbocycles. The Balaban J connectivity index is 2.32. The molecular weight excluding hydrogens is 312 g/mol. The van der Waals surface area contributed by atoms with Crippen molar-refractivity contribution in [3.05, 3.63) is 40.3 Å². The highest BCUT2D eigenvalue weighted by Crippen LogP contribution is 2.28. The Morgan fingerprint density at radius 1 is 1.30 bits per heavy atom. The number of hydrogen-bond donors (Lipinski definition) is 2. The molecule has 1 aromatic carbocycles. The molecule has 0 radical (unpaired) electrons. The Kier molecular flexibility index (Phi) is 4.96. The second kappa shape index (κ2) is 6.45. The number of allylic oxidation sites excluding steroid dienone is 1. The maximum absolute atomic E-state index is 12.7. The second-order valence-electron chi connectivity index (χ2n) is 6.71. The van der Waals surface area contributed by atoms with E-state index in [0.29, 0.717) is 24.2 Å². The van der Waals surface area contributed by atoms with Crippen LogP contribution in [0.5, 0.6) is 0 Å². The molecular formula is C17H24N2O3S. The number of primary amides is 1. The SMILES string of the molecule is CC(C)C[C@](C)(NS(=O)(=O)C1=Cc2ccccc2CC1)C(N)=O. The van der Waals surface area contributed by atoms with Crippen LogP contribution < -0.4 is 10.5 Å². The minimum Gasteiger partial charge on any atom is -0.368 e. The van der Waals surface area contributed by atoms with Crippen LogP contribution in [0.4, 0.5) is 0 Å². The van der Waals surface area contributed by atoms with Crippen LogP contribution in [0.3, 0.4) is 0 Å². The quantitative estimate of drug-likeness (QED) is 0.834. The average molecular weight is 336 g/mol. The van der Waals surface area contributed by atoms with Gasteiger partial charge in [0.15, 0.2) is 0 Å². The number of amides is 1. The molecule has 0 fully saturated rings. The number of nitrogens with two attached hydrogens (primary N) is 1. The summed E-state index contributed by atoms with van der Waals surface area (Å²) in [5.74, 6) is -0.525. The number of nitrogens with one attached hydrogen (secondary N) is 1. The fourth-order valence-electron chi connectivity index (χ4n) is 2.99. The van der Waals surface area contributed by atoms with Gasteiger partial charge in [-0.1, -0.05) is 38.1 Å². The van der Waals surface area contributed by atoms with Gasteiger partial charge in [-0.25, -0.2) is 8.42 Å². The van der Waals surface area contributed by atoms with E-state index < -0.39 is 21.5 Å². The summed E-state index contributed by atoms with van der Waals surface area (Å²) in [6.07, 6.45) is 3.12. The van der Waals surface area contributed by atoms with Gasteiger partial charge in [-0.05, 0) is 49.3 Å². The lowest BCUT2D eigenvalue weighted by molar-refractivity contribution is -0.123. The highest BCUT2D eigenvalue weighted by molar-refractivity contribution is 7.93. The molecule has 0 saturated carbocycles. The number of fused-ring (bicyclic) bond motifs is 1. The molecule has 23 heavy (non-hydrogen) atoms. The Labute approximate surface area is 138 Å². The lowest BCUT2D eigenvalue weighted by Gasteiger charge is -2.30. The monoisotopic (exact) mass is 336 g/mol. The summed E-state index contributed by atoms with van der Waals surface area (Å²) in [7, 11) is -3.76. The first-order valence-electron chi connectivity index (χ1n) is 7.76. The van der Waals surface area contributed by atoms with E-state index in [1.54, 1.807) is 13.0 Å². The normalized spacial score (nSPS) is 17.3. The van der Waals surface area contributed by atoms with Gasteiger partial charge >= 0.3 is 0 Å². The van der Waals surface area contributed by atoms with Crippen LogP contribution in [0.15, 0.2) is 29.2 Å². The van der Waals surface area contributed by atoms with Gasteiger partial charge < -0.3 is 5.73 Å².